The molecule has 0 atom stereocenters. The van der Waals surface area contributed by atoms with Crippen LogP contribution in [0.1, 0.15) is 0 Å². The van der Waals surface area contributed by atoms with Gasteiger partial charge in [-0.1, -0.05) is 0 Å². The third-order valence-corrected chi connectivity index (χ3v) is 0. The van der Waals surface area contributed by atoms with Crippen LogP contribution >= 0.6 is 0 Å². The first-order valence-corrected chi connectivity index (χ1v) is 2.45. The Morgan fingerprint density at radius 3 is 0.857 bits per heavy atom. The Morgan fingerprint density at radius 2 is 0.857 bits per heavy atom. The molecule has 0 N–H and O–H groups in total. The summed E-state index contributed by atoms with van der Waals surface area (Å²) in [6.07, 6.45) is 0. The van der Waals surface area contributed by atoms with E-state index in [1.807, 2.05) is 0 Å². The van der Waals surface area contributed by atoms with E-state index in [4.69, 9.17) is 19.2 Å². The van der Waals surface area contributed by atoms with Gasteiger partial charge in [-0.2, -0.15) is 0 Å². The summed E-state index contributed by atoms with van der Waals surface area (Å²) >= 11 is 0. The zero-order valence-electron chi connectivity index (χ0n) is 3.42. The monoisotopic (exact) mass is 221 g/mol. The number of hydrogen-bond acceptors (Lipinski definition) is 4. The topological polar surface area (TPSA) is 92.2 Å². The van der Waals surface area contributed by atoms with Crippen molar-refractivity contribution in [2.24, 2.45) is 0 Å². The molecule has 0 bridgehead atoms. The van der Waals surface area contributed by atoms with Crippen molar-refractivity contribution in [3.8, 4) is 0 Å². The Balaban J connectivity index is -0.0000000800. The second kappa shape index (κ2) is 6.54. The minimum Gasteiger partial charge on any atom is -0.894 e. The Bertz CT molecular complexity index is 27.2. The Hall–Kier alpha value is 2.42. The fraction of sp³-hybridized carbons (Fsp3) is 0. The molecular weight excluding hydrogens is 221 g/mol. The molecule has 32 valence electrons. The van der Waals surface area contributed by atoms with Crippen LogP contribution in [-0.2, 0) is 32.7 Å². The molecule has 0 unspecified atom stereocenters. The van der Waals surface area contributed by atoms with Crippen molar-refractivity contribution in [3.05, 3.63) is 0 Å². The van der Waals surface area contributed by atoms with Crippen molar-refractivity contribution >= 4 is 46.8 Å². The smallest absolute Gasteiger partial charge is 0.894 e. The largest absolute Gasteiger partial charge is 3.00 e. The van der Waals surface area contributed by atoms with Gasteiger partial charge in [0.2, 0.25) is 0 Å². The molecule has 0 rings (SSSR count). The quantitative estimate of drug-likeness (QED) is 0.381. The van der Waals surface area contributed by atoms with Crippen molar-refractivity contribution in [2.45, 2.75) is 0 Å². The molecule has 7 heavy (non-hydrogen) atoms. The Labute approximate surface area is 96.9 Å². The van der Waals surface area contributed by atoms with Crippen LogP contribution < -0.4 is 19.2 Å². The van der Waals surface area contributed by atoms with Gasteiger partial charge in [-0.3, -0.25) is 0 Å². The fourth-order valence-electron chi connectivity index (χ4n) is 0. The molecule has 0 aromatic rings. The van der Waals surface area contributed by atoms with E-state index in [-0.39, 0.29) is 70.4 Å². The third kappa shape index (κ3) is 59.2. The molecule has 0 aromatic carbocycles. The zero-order valence-corrected chi connectivity index (χ0v) is 9.46. The molecule has 0 fully saturated rings. The van der Waals surface area contributed by atoms with Crippen molar-refractivity contribution < 1.29 is 51.9 Å². The van der Waals surface area contributed by atoms with E-state index in [1.165, 1.54) is 0 Å². The van der Waals surface area contributed by atoms with Gasteiger partial charge in [0.15, 0.2) is 0 Å². The summed E-state index contributed by atoms with van der Waals surface area (Å²) in [5, 5.41) is 0. The van der Waals surface area contributed by atoms with E-state index in [0.717, 1.165) is 0 Å². The van der Waals surface area contributed by atoms with Crippen LogP contribution in [-0.4, -0.2) is 46.8 Å². The van der Waals surface area contributed by atoms with E-state index in [2.05, 4.69) is 0 Å². The molecule has 7 heteroatoms. The first-order valence-electron chi connectivity index (χ1n) is 0.816. The maximum Gasteiger partial charge on any atom is 3.00 e. The van der Waals surface area contributed by atoms with Crippen LogP contribution in [0.25, 0.3) is 0 Å². The summed E-state index contributed by atoms with van der Waals surface area (Å²) in [6.45, 7) is 0. The first kappa shape index (κ1) is 16.2. The van der Waals surface area contributed by atoms with Crippen LogP contribution in [0.2, 0.25) is 0 Å². The van der Waals surface area contributed by atoms with E-state index < -0.39 is 9.05 Å². The standard InChI is InChI=1S/Ca.O4Si.Y/c;1-5(2,3)4;/q+2;-4;+3. The predicted octanol–water partition coefficient (Wildman–Crippen LogP) is -5.52. The zero-order chi connectivity index (χ0) is 4.50. The molecule has 0 heterocycles. The van der Waals surface area contributed by atoms with Crippen molar-refractivity contribution in [1.29, 1.82) is 0 Å². The Morgan fingerprint density at radius 1 is 0.857 bits per heavy atom. The summed E-state index contributed by atoms with van der Waals surface area (Å²) in [5.41, 5.74) is 0. The molecule has 0 aliphatic heterocycles. The van der Waals surface area contributed by atoms with Crippen molar-refractivity contribution in [3.63, 3.8) is 0 Å². The molecule has 0 radical (unpaired) electrons. The van der Waals surface area contributed by atoms with E-state index in [0.29, 0.717) is 0 Å². The minimum atomic E-state index is -5.61. The molecule has 0 aromatic heterocycles. The van der Waals surface area contributed by atoms with E-state index >= 15 is 0 Å². The molecule has 0 amide bonds. The van der Waals surface area contributed by atoms with Crippen LogP contribution in [0.4, 0.5) is 0 Å². The Kier molecular flexibility index (Phi) is 15.1. The van der Waals surface area contributed by atoms with Crippen LogP contribution in [0.5, 0.6) is 0 Å². The summed E-state index contributed by atoms with van der Waals surface area (Å²) in [7, 11) is -5.61. The van der Waals surface area contributed by atoms with Crippen LogP contribution in [0, 0.1) is 0 Å². The van der Waals surface area contributed by atoms with Crippen molar-refractivity contribution in [1.82, 2.24) is 0 Å². The number of rotatable bonds is 0. The maximum atomic E-state index is 8.58. The molecule has 4 nitrogen and oxygen atoms in total. The van der Waals surface area contributed by atoms with Gasteiger partial charge in [-0.15, -0.1) is 0 Å². The molecular formula is CaO4SiY+. The molecule has 0 aliphatic carbocycles. The second-order valence-corrected chi connectivity index (χ2v) is 1.50. The van der Waals surface area contributed by atoms with Gasteiger partial charge in [0.1, 0.15) is 0 Å². The van der Waals surface area contributed by atoms with Gasteiger partial charge in [-0.25, -0.2) is 0 Å². The molecule has 0 spiro atoms. The molecule has 0 aliphatic rings. The van der Waals surface area contributed by atoms with E-state index in [1.54, 1.807) is 0 Å². The average molecular weight is 221 g/mol. The summed E-state index contributed by atoms with van der Waals surface area (Å²) in [5.74, 6) is 0. The summed E-state index contributed by atoms with van der Waals surface area (Å²) in [6, 6.07) is 0. The van der Waals surface area contributed by atoms with Gasteiger partial charge in [0.05, 0.1) is 0 Å². The normalized spacial score (nSPS) is 8.57. The van der Waals surface area contributed by atoms with Crippen LogP contribution in [0.3, 0.4) is 0 Å². The summed E-state index contributed by atoms with van der Waals surface area (Å²) < 4.78 is 0. The molecule has 0 saturated heterocycles. The van der Waals surface area contributed by atoms with Gasteiger partial charge in [0, 0.05) is 0 Å². The molecule has 0 saturated carbocycles. The van der Waals surface area contributed by atoms with Crippen LogP contribution in [0.15, 0.2) is 0 Å². The fourth-order valence-corrected chi connectivity index (χ4v) is 0. The predicted molar refractivity (Wildman–Crippen MR) is 11.5 cm³/mol. The maximum absolute atomic E-state index is 8.58. The summed E-state index contributed by atoms with van der Waals surface area (Å²) in [4.78, 5) is 34.3. The van der Waals surface area contributed by atoms with Crippen molar-refractivity contribution in [2.75, 3.05) is 0 Å². The van der Waals surface area contributed by atoms with E-state index in [9.17, 15) is 0 Å². The second-order valence-electron chi connectivity index (χ2n) is 0.500. The van der Waals surface area contributed by atoms with Gasteiger partial charge < -0.3 is 28.2 Å². The number of hydrogen-bond donors (Lipinski definition) is 0. The SMILES string of the molecule is [Ca+2].[O-][Si]([O-])([O-])[O-].[Y+3]. The average Bonchev–Trinajstić information content (AvgIpc) is 0.722. The van der Waals surface area contributed by atoms with Gasteiger partial charge >= 0.3 is 70.4 Å². The first-order chi connectivity index (χ1) is 2.00. The third-order valence-electron chi connectivity index (χ3n) is 0. The van der Waals surface area contributed by atoms with Gasteiger partial charge in [0.25, 0.3) is 0 Å². The van der Waals surface area contributed by atoms with Gasteiger partial charge in [-0.05, 0) is 0 Å². The minimum absolute atomic E-state index is 0.